The van der Waals surface area contributed by atoms with Gasteiger partial charge in [-0.15, -0.1) is 0 Å². The quantitative estimate of drug-likeness (QED) is 0.136. The van der Waals surface area contributed by atoms with Gasteiger partial charge in [-0.25, -0.2) is 0 Å². The monoisotopic (exact) mass is 575 g/mol. The number of benzene rings is 3. The van der Waals surface area contributed by atoms with Crippen LogP contribution in [0, 0.1) is 21.4 Å². The van der Waals surface area contributed by atoms with Crippen molar-refractivity contribution in [2.75, 3.05) is 12.4 Å². The average Bonchev–Trinajstić information content (AvgIpc) is 2.83. The van der Waals surface area contributed by atoms with Crippen LogP contribution in [-0.2, 0) is 11.4 Å². The Hall–Kier alpha value is -3.58. The summed E-state index contributed by atoms with van der Waals surface area (Å²) in [5.41, 5.74) is 0.878. The second-order valence-electron chi connectivity index (χ2n) is 6.99. The van der Waals surface area contributed by atoms with Gasteiger partial charge in [0.05, 0.1) is 27.2 Å². The summed E-state index contributed by atoms with van der Waals surface area (Å²) in [6.45, 7) is 0.261. The van der Waals surface area contributed by atoms with E-state index in [2.05, 4.69) is 21.2 Å². The van der Waals surface area contributed by atoms with E-state index >= 15 is 0 Å². The predicted octanol–water partition coefficient (Wildman–Crippen LogP) is 6.80. The number of methoxy groups -OCH3 is 1. The lowest BCUT2D eigenvalue weighted by Gasteiger charge is -2.14. The Balaban J connectivity index is 1.84. The molecule has 178 valence electrons. The number of nitrogens with one attached hydrogen (secondary N) is 1. The number of ether oxygens (including phenoxy) is 2. The Morgan fingerprint density at radius 3 is 2.54 bits per heavy atom. The van der Waals surface area contributed by atoms with Gasteiger partial charge in [0.2, 0.25) is 0 Å². The fourth-order valence-corrected chi connectivity index (χ4v) is 3.79. The molecular weight excluding hydrogens is 561 g/mol. The van der Waals surface area contributed by atoms with Gasteiger partial charge in [-0.2, -0.15) is 5.26 Å². The molecule has 0 radical (unpaired) electrons. The van der Waals surface area contributed by atoms with Gasteiger partial charge in [-0.05, 0) is 63.5 Å². The summed E-state index contributed by atoms with van der Waals surface area (Å²) in [5.74, 6) is 0.0259. The molecule has 0 saturated carbocycles. The maximum Gasteiger partial charge on any atom is 0.271 e. The van der Waals surface area contributed by atoms with Crippen molar-refractivity contribution in [2.45, 2.75) is 6.61 Å². The topological polar surface area (TPSA) is 114 Å². The lowest BCUT2D eigenvalue weighted by atomic mass is 10.1. The summed E-state index contributed by atoms with van der Waals surface area (Å²) in [4.78, 5) is 23.0. The molecule has 1 amide bonds. The lowest BCUT2D eigenvalue weighted by Crippen LogP contribution is -2.14. The largest absolute Gasteiger partial charge is 0.493 e. The first kappa shape index (κ1) is 26.0. The first-order chi connectivity index (χ1) is 16.7. The smallest absolute Gasteiger partial charge is 0.271 e. The number of halogens is 3. The normalized spacial score (nSPS) is 10.9. The van der Waals surface area contributed by atoms with Crippen LogP contribution >= 0.6 is 39.1 Å². The minimum Gasteiger partial charge on any atom is -0.493 e. The van der Waals surface area contributed by atoms with Gasteiger partial charge in [0, 0.05) is 17.2 Å². The minimum atomic E-state index is -0.784. The summed E-state index contributed by atoms with van der Waals surface area (Å²) in [6, 6.07) is 15.9. The van der Waals surface area contributed by atoms with Crippen LogP contribution < -0.4 is 14.8 Å². The van der Waals surface area contributed by atoms with Crippen LogP contribution in [0.2, 0.25) is 10.0 Å². The number of non-ortho nitro benzene ring substituents is 1. The van der Waals surface area contributed by atoms with Crippen LogP contribution in [0.4, 0.5) is 11.4 Å². The summed E-state index contributed by atoms with van der Waals surface area (Å²) in [6.07, 6.45) is 1.34. The highest BCUT2D eigenvalue weighted by Crippen LogP contribution is 2.38. The van der Waals surface area contributed by atoms with Gasteiger partial charge in [-0.1, -0.05) is 35.3 Å². The molecular formula is C24H16BrCl2N3O5. The van der Waals surface area contributed by atoms with Crippen molar-refractivity contribution in [1.82, 2.24) is 0 Å². The first-order valence-electron chi connectivity index (χ1n) is 9.83. The molecule has 0 fully saturated rings. The fourth-order valence-electron chi connectivity index (χ4n) is 2.93. The molecule has 0 aliphatic heterocycles. The third kappa shape index (κ3) is 6.73. The molecule has 0 unspecified atom stereocenters. The number of rotatable bonds is 8. The summed E-state index contributed by atoms with van der Waals surface area (Å²) >= 11 is 15.4. The Bertz CT molecular complexity index is 1350. The SMILES string of the molecule is COc1cc(/C=C(\C#N)C(=O)Nc2cc([N+](=O)[O-])ccc2Cl)cc(Br)c1OCc1ccc(Cl)cc1. The Morgan fingerprint density at radius 1 is 1.20 bits per heavy atom. The van der Waals surface area contributed by atoms with Gasteiger partial charge in [0.1, 0.15) is 18.2 Å². The van der Waals surface area contributed by atoms with E-state index in [-0.39, 0.29) is 28.6 Å². The van der Waals surface area contributed by atoms with E-state index in [0.717, 1.165) is 11.6 Å². The Morgan fingerprint density at radius 2 is 1.91 bits per heavy atom. The van der Waals surface area contributed by atoms with Crippen molar-refractivity contribution in [1.29, 1.82) is 5.26 Å². The van der Waals surface area contributed by atoms with Crippen molar-refractivity contribution >= 4 is 62.5 Å². The number of amides is 1. The molecule has 1 N–H and O–H groups in total. The molecule has 0 aliphatic carbocycles. The van der Waals surface area contributed by atoms with Crippen molar-refractivity contribution < 1.29 is 19.2 Å². The molecule has 0 saturated heterocycles. The molecule has 3 aromatic rings. The highest BCUT2D eigenvalue weighted by atomic mass is 79.9. The lowest BCUT2D eigenvalue weighted by molar-refractivity contribution is -0.384. The summed E-state index contributed by atoms with van der Waals surface area (Å²) in [5, 5.41) is 23.7. The van der Waals surface area contributed by atoms with Gasteiger partial charge in [0.25, 0.3) is 11.6 Å². The number of carbonyl (C=O) groups excluding carboxylic acids is 1. The van der Waals surface area contributed by atoms with E-state index in [1.54, 1.807) is 24.3 Å². The molecule has 0 aromatic heterocycles. The van der Waals surface area contributed by atoms with E-state index < -0.39 is 10.8 Å². The number of nitrogens with zero attached hydrogens (tertiary/aromatic N) is 2. The molecule has 0 bridgehead atoms. The van der Waals surface area contributed by atoms with E-state index in [9.17, 15) is 20.2 Å². The standard InChI is InChI=1S/C24H16BrCl2N3O5/c1-34-22-10-15(9-19(25)23(22)35-13-14-2-4-17(26)5-3-14)8-16(12-28)24(31)29-21-11-18(30(32)33)6-7-20(21)27/h2-11H,13H2,1H3,(H,29,31)/b16-8+. The van der Waals surface area contributed by atoms with Crippen LogP contribution in [0.25, 0.3) is 6.08 Å². The summed E-state index contributed by atoms with van der Waals surface area (Å²) < 4.78 is 11.9. The van der Waals surface area contributed by atoms with Crippen LogP contribution in [-0.4, -0.2) is 17.9 Å². The summed E-state index contributed by atoms with van der Waals surface area (Å²) in [7, 11) is 1.46. The zero-order valence-corrected chi connectivity index (χ0v) is 21.1. The number of carbonyl (C=O) groups is 1. The fraction of sp³-hybridized carbons (Fsp3) is 0.0833. The molecule has 3 rings (SSSR count). The molecule has 0 heterocycles. The molecule has 0 aliphatic rings. The first-order valence-corrected chi connectivity index (χ1v) is 11.4. The second-order valence-corrected chi connectivity index (χ2v) is 8.69. The average molecular weight is 577 g/mol. The van der Waals surface area contributed by atoms with E-state index in [1.807, 2.05) is 18.2 Å². The molecule has 35 heavy (non-hydrogen) atoms. The predicted molar refractivity (Wildman–Crippen MR) is 137 cm³/mol. The van der Waals surface area contributed by atoms with Crippen LogP contribution in [0.15, 0.2) is 64.6 Å². The van der Waals surface area contributed by atoms with Gasteiger partial charge >= 0.3 is 0 Å². The molecule has 11 heteroatoms. The third-order valence-corrected chi connectivity index (χ3v) is 5.80. The molecule has 0 spiro atoms. The van der Waals surface area contributed by atoms with Crippen LogP contribution in [0.1, 0.15) is 11.1 Å². The zero-order valence-electron chi connectivity index (χ0n) is 18.1. The minimum absolute atomic E-state index is 0.0109. The highest BCUT2D eigenvalue weighted by Gasteiger charge is 2.17. The number of anilines is 1. The molecule has 0 atom stereocenters. The zero-order chi connectivity index (χ0) is 25.5. The van der Waals surface area contributed by atoms with Gasteiger partial charge in [0.15, 0.2) is 11.5 Å². The van der Waals surface area contributed by atoms with Gasteiger partial charge < -0.3 is 14.8 Å². The van der Waals surface area contributed by atoms with Crippen LogP contribution in [0.3, 0.4) is 0 Å². The van der Waals surface area contributed by atoms with Gasteiger partial charge in [-0.3, -0.25) is 14.9 Å². The third-order valence-electron chi connectivity index (χ3n) is 4.63. The van der Waals surface area contributed by atoms with Crippen LogP contribution in [0.5, 0.6) is 11.5 Å². The number of nitriles is 1. The van der Waals surface area contributed by atoms with Crippen molar-refractivity contribution in [3.63, 3.8) is 0 Å². The van der Waals surface area contributed by atoms with E-state index in [0.29, 0.717) is 26.6 Å². The van der Waals surface area contributed by atoms with Crippen molar-refractivity contribution in [3.05, 3.63) is 95.9 Å². The number of nitro groups is 1. The number of hydrogen-bond donors (Lipinski definition) is 1. The molecule has 8 nitrogen and oxygen atoms in total. The number of nitro benzene ring substituents is 1. The van der Waals surface area contributed by atoms with Crippen molar-refractivity contribution in [2.24, 2.45) is 0 Å². The maximum absolute atomic E-state index is 12.7. The second kappa shape index (κ2) is 11.7. The maximum atomic E-state index is 12.7. The Kier molecular flexibility index (Phi) is 8.71. The Labute approximate surface area is 219 Å². The highest BCUT2D eigenvalue weighted by molar-refractivity contribution is 9.10. The number of hydrogen-bond acceptors (Lipinski definition) is 6. The van der Waals surface area contributed by atoms with Crippen molar-refractivity contribution in [3.8, 4) is 17.6 Å². The molecule has 3 aromatic carbocycles. The van der Waals surface area contributed by atoms with E-state index in [1.165, 1.54) is 25.3 Å². The van der Waals surface area contributed by atoms with E-state index in [4.69, 9.17) is 32.7 Å².